The molecule has 0 spiro atoms. The molecule has 2 aromatic carbocycles. The summed E-state index contributed by atoms with van der Waals surface area (Å²) in [6, 6.07) is 16.8. The molecule has 1 aromatic heterocycles. The van der Waals surface area contributed by atoms with Crippen LogP contribution in [0.15, 0.2) is 72.1 Å². The average Bonchev–Trinajstić information content (AvgIpc) is 3.44. The number of piperazine rings is 1. The van der Waals surface area contributed by atoms with Crippen molar-refractivity contribution in [2.45, 2.75) is 56.1 Å². The number of nitrogens with one attached hydrogen (secondary N) is 1. The van der Waals surface area contributed by atoms with Crippen molar-refractivity contribution < 1.29 is 14.4 Å². The maximum atomic E-state index is 14.2. The Bertz CT molecular complexity index is 1370. The van der Waals surface area contributed by atoms with E-state index in [2.05, 4.69) is 17.4 Å². The maximum absolute atomic E-state index is 14.2. The summed E-state index contributed by atoms with van der Waals surface area (Å²) in [6.45, 7) is 0.798. The van der Waals surface area contributed by atoms with Gasteiger partial charge in [0.25, 0.3) is 0 Å². The molecule has 0 bridgehead atoms. The lowest BCUT2D eigenvalue weighted by atomic mass is 9.75. The monoisotopic (exact) mass is 544 g/mol. The quantitative estimate of drug-likeness (QED) is 0.402. The fraction of sp³-hybridized carbons (Fsp3) is 0.387. The number of nitrogens with zero attached hydrogens (tertiary/aromatic N) is 2. The summed E-state index contributed by atoms with van der Waals surface area (Å²) in [7, 11) is 1.68. The van der Waals surface area contributed by atoms with Crippen LogP contribution in [0.25, 0.3) is 10.8 Å². The van der Waals surface area contributed by atoms with Gasteiger partial charge in [-0.15, -0.1) is 11.3 Å². The van der Waals surface area contributed by atoms with Crippen molar-refractivity contribution in [3.63, 3.8) is 0 Å². The van der Waals surface area contributed by atoms with Crippen LogP contribution in [0.2, 0.25) is 0 Å². The third-order valence-corrected chi connectivity index (χ3v) is 8.96. The van der Waals surface area contributed by atoms with Crippen LogP contribution in [0.5, 0.6) is 0 Å². The first-order chi connectivity index (χ1) is 18.8. The van der Waals surface area contributed by atoms with Crippen LogP contribution in [-0.2, 0) is 27.2 Å². The van der Waals surface area contributed by atoms with Crippen LogP contribution >= 0.6 is 11.3 Å². The summed E-state index contributed by atoms with van der Waals surface area (Å²) >= 11 is 1.57. The molecule has 1 aliphatic carbocycles. The molecule has 2 aliphatic rings. The van der Waals surface area contributed by atoms with Gasteiger partial charge in [-0.3, -0.25) is 14.4 Å². The number of thiophene rings is 1. The molecule has 3 aromatic rings. The molecule has 1 saturated carbocycles. The van der Waals surface area contributed by atoms with Crippen LogP contribution in [0.1, 0.15) is 36.1 Å². The van der Waals surface area contributed by atoms with E-state index in [0.29, 0.717) is 32.4 Å². The van der Waals surface area contributed by atoms with Crippen LogP contribution in [0.4, 0.5) is 0 Å². The number of nitrogens with two attached hydrogens (primary N) is 1. The second-order valence-electron chi connectivity index (χ2n) is 10.8. The van der Waals surface area contributed by atoms with E-state index in [1.807, 2.05) is 53.9 Å². The number of fused-ring (bicyclic) bond motifs is 1. The van der Waals surface area contributed by atoms with Crippen LogP contribution in [-0.4, -0.2) is 65.3 Å². The topological polar surface area (TPSA) is 95.7 Å². The molecular formula is C31H36N4O3S. The molecule has 5 rings (SSSR count). The molecule has 2 fully saturated rings. The van der Waals surface area contributed by atoms with Gasteiger partial charge in [0.1, 0.15) is 12.1 Å². The van der Waals surface area contributed by atoms with Gasteiger partial charge in [-0.1, -0.05) is 54.6 Å². The van der Waals surface area contributed by atoms with Crippen molar-refractivity contribution in [3.05, 3.63) is 82.6 Å². The molecule has 204 valence electrons. The largest absolute Gasteiger partial charge is 0.353 e. The van der Waals surface area contributed by atoms with Crippen LogP contribution < -0.4 is 11.1 Å². The Hall–Kier alpha value is -3.49. The Labute approximate surface area is 233 Å². The van der Waals surface area contributed by atoms with Crippen molar-refractivity contribution in [2.75, 3.05) is 20.1 Å². The molecule has 39 heavy (non-hydrogen) atoms. The van der Waals surface area contributed by atoms with Gasteiger partial charge >= 0.3 is 0 Å². The lowest BCUT2D eigenvalue weighted by Gasteiger charge is -2.39. The third kappa shape index (κ3) is 6.23. The molecule has 3 amide bonds. The minimum absolute atomic E-state index is 0.157. The van der Waals surface area contributed by atoms with Gasteiger partial charge in [-0.25, -0.2) is 0 Å². The number of carbonyl (C=O) groups is 3. The average molecular weight is 545 g/mol. The number of hydrogen-bond donors (Lipinski definition) is 2. The van der Waals surface area contributed by atoms with E-state index in [1.165, 1.54) is 4.90 Å². The first kappa shape index (κ1) is 27.1. The number of carbonyl (C=O) groups excluding carboxylic acids is 3. The van der Waals surface area contributed by atoms with Crippen LogP contribution in [0, 0.1) is 0 Å². The minimum Gasteiger partial charge on any atom is -0.353 e. The zero-order chi connectivity index (χ0) is 27.4. The minimum atomic E-state index is -0.754. The predicted molar refractivity (Wildman–Crippen MR) is 155 cm³/mol. The van der Waals surface area contributed by atoms with Crippen molar-refractivity contribution in [1.82, 2.24) is 15.1 Å². The Kier molecular flexibility index (Phi) is 8.14. The number of hydrogen-bond acceptors (Lipinski definition) is 5. The lowest BCUT2D eigenvalue weighted by Crippen LogP contribution is -2.62. The highest BCUT2D eigenvalue weighted by Gasteiger charge is 2.39. The van der Waals surface area contributed by atoms with E-state index >= 15 is 0 Å². The first-order valence-corrected chi connectivity index (χ1v) is 14.5. The summed E-state index contributed by atoms with van der Waals surface area (Å²) < 4.78 is 0. The molecule has 1 saturated heterocycles. The third-order valence-electron chi connectivity index (χ3n) is 8.07. The fourth-order valence-electron chi connectivity index (χ4n) is 5.47. The summed E-state index contributed by atoms with van der Waals surface area (Å²) in [6.07, 6.45) is 7.88. The van der Waals surface area contributed by atoms with E-state index in [0.717, 1.165) is 40.5 Å². The Morgan fingerprint density at radius 1 is 1.18 bits per heavy atom. The molecular weight excluding hydrogens is 508 g/mol. The van der Waals surface area contributed by atoms with Crippen molar-refractivity contribution in [3.8, 4) is 0 Å². The van der Waals surface area contributed by atoms with Gasteiger partial charge < -0.3 is 20.9 Å². The van der Waals surface area contributed by atoms with Gasteiger partial charge in [0, 0.05) is 43.4 Å². The molecule has 8 heteroatoms. The number of amides is 3. The number of rotatable bonds is 9. The molecule has 0 unspecified atom stereocenters. The van der Waals surface area contributed by atoms with E-state index < -0.39 is 12.1 Å². The highest BCUT2D eigenvalue weighted by Crippen LogP contribution is 2.32. The number of benzene rings is 2. The van der Waals surface area contributed by atoms with Crippen molar-refractivity contribution in [1.29, 1.82) is 0 Å². The van der Waals surface area contributed by atoms with Crippen molar-refractivity contribution >= 4 is 39.8 Å². The van der Waals surface area contributed by atoms with E-state index in [9.17, 15) is 14.4 Å². The van der Waals surface area contributed by atoms with Gasteiger partial charge in [-0.2, -0.15) is 0 Å². The van der Waals surface area contributed by atoms with Crippen LogP contribution in [0.3, 0.4) is 0 Å². The molecule has 7 nitrogen and oxygen atoms in total. The zero-order valence-corrected chi connectivity index (χ0v) is 23.2. The van der Waals surface area contributed by atoms with Crippen molar-refractivity contribution in [2.24, 2.45) is 5.73 Å². The molecule has 0 radical (unpaired) electrons. The molecule has 1 aliphatic heterocycles. The maximum Gasteiger partial charge on any atom is 0.246 e. The Balaban J connectivity index is 1.41. The smallest absolute Gasteiger partial charge is 0.246 e. The summed E-state index contributed by atoms with van der Waals surface area (Å²) in [5, 5.41) is 7.08. The Morgan fingerprint density at radius 2 is 1.97 bits per heavy atom. The fourth-order valence-corrected chi connectivity index (χ4v) is 6.21. The van der Waals surface area contributed by atoms with E-state index in [1.54, 1.807) is 29.4 Å². The second-order valence-corrected chi connectivity index (χ2v) is 11.8. The zero-order valence-electron chi connectivity index (χ0n) is 22.3. The SMILES string of the molecule is CN(C(=O)/C=C/CC1(N)CCC1)[C@H](Cc1ccc2ccccc2c1)C(=O)N1CCNC(=O)[C@H]1Cc1cccs1. The molecule has 2 heterocycles. The molecule has 3 N–H and O–H groups in total. The molecule has 2 atom stereocenters. The van der Waals surface area contributed by atoms with Gasteiger partial charge in [0.2, 0.25) is 17.7 Å². The standard InChI is InChI=1S/C31H36N4O3S/c1-34(28(36)10-4-13-31(32)14-6-15-31)27(20-22-11-12-23-7-2-3-8-24(23)19-22)30(38)35-17-16-33-29(37)26(35)21-25-9-5-18-39-25/h2-5,7-12,18-19,26-27H,6,13-17,20-21,32H2,1H3,(H,33,37)/b10-4+/t26-,27-/m1/s1. The van der Waals surface area contributed by atoms with Gasteiger partial charge in [0.15, 0.2) is 0 Å². The normalized spacial score (nSPS) is 19.5. The van der Waals surface area contributed by atoms with Gasteiger partial charge in [0.05, 0.1) is 0 Å². The summed E-state index contributed by atoms with van der Waals surface area (Å²) in [4.78, 5) is 44.7. The number of likely N-dealkylation sites (N-methyl/N-ethyl adjacent to an activating group) is 1. The second kappa shape index (κ2) is 11.7. The predicted octanol–water partition coefficient (Wildman–Crippen LogP) is 3.67. The van der Waals surface area contributed by atoms with E-state index in [-0.39, 0.29) is 23.3 Å². The highest BCUT2D eigenvalue weighted by atomic mass is 32.1. The van der Waals surface area contributed by atoms with Gasteiger partial charge in [-0.05, 0) is 59.5 Å². The van der Waals surface area contributed by atoms with E-state index in [4.69, 9.17) is 5.73 Å². The highest BCUT2D eigenvalue weighted by molar-refractivity contribution is 7.09. The Morgan fingerprint density at radius 3 is 2.69 bits per heavy atom. The lowest BCUT2D eigenvalue weighted by molar-refractivity contribution is -0.149. The summed E-state index contributed by atoms with van der Waals surface area (Å²) in [5.74, 6) is -0.610. The first-order valence-electron chi connectivity index (χ1n) is 13.6. The summed E-state index contributed by atoms with van der Waals surface area (Å²) in [5.41, 5.74) is 7.07.